The molecule has 0 aliphatic carbocycles. The Morgan fingerprint density at radius 3 is 2.19 bits per heavy atom. The van der Waals surface area contributed by atoms with E-state index >= 15 is 0 Å². The van der Waals surface area contributed by atoms with Crippen LogP contribution in [0.2, 0.25) is 0 Å². The standard InChI is InChI=1S/C12H25NO3/c1-11(2,15-6)7-8-16-12(3,4)9-10(14)13-5/h7-9H2,1-6H3,(H,13,14). The Morgan fingerprint density at radius 2 is 1.75 bits per heavy atom. The molecule has 0 saturated carbocycles. The predicted molar refractivity (Wildman–Crippen MR) is 64.4 cm³/mol. The molecule has 4 nitrogen and oxygen atoms in total. The van der Waals surface area contributed by atoms with Gasteiger partial charge in [0.2, 0.25) is 5.91 Å². The fourth-order valence-electron chi connectivity index (χ4n) is 1.20. The van der Waals surface area contributed by atoms with E-state index in [4.69, 9.17) is 9.47 Å². The third-order valence-electron chi connectivity index (χ3n) is 2.61. The number of ether oxygens (including phenoxy) is 2. The lowest BCUT2D eigenvalue weighted by molar-refractivity contribution is -0.128. The van der Waals surface area contributed by atoms with Gasteiger partial charge in [-0.2, -0.15) is 0 Å². The summed E-state index contributed by atoms with van der Waals surface area (Å²) in [6.07, 6.45) is 1.18. The minimum absolute atomic E-state index is 0.00370. The fraction of sp³-hybridized carbons (Fsp3) is 0.917. The van der Waals surface area contributed by atoms with E-state index < -0.39 is 5.60 Å². The molecule has 0 bridgehead atoms. The minimum Gasteiger partial charge on any atom is -0.379 e. The number of amides is 1. The smallest absolute Gasteiger partial charge is 0.222 e. The molecule has 0 atom stereocenters. The van der Waals surface area contributed by atoms with Gasteiger partial charge in [0.1, 0.15) is 0 Å². The van der Waals surface area contributed by atoms with Crippen LogP contribution in [0.5, 0.6) is 0 Å². The van der Waals surface area contributed by atoms with Gasteiger partial charge in [-0.05, 0) is 34.1 Å². The van der Waals surface area contributed by atoms with Crippen molar-refractivity contribution in [3.05, 3.63) is 0 Å². The van der Waals surface area contributed by atoms with E-state index in [1.165, 1.54) is 0 Å². The van der Waals surface area contributed by atoms with E-state index in [1.807, 2.05) is 27.7 Å². The Labute approximate surface area is 98.7 Å². The van der Waals surface area contributed by atoms with Crippen LogP contribution in [0.4, 0.5) is 0 Å². The highest BCUT2D eigenvalue weighted by Crippen LogP contribution is 2.18. The first kappa shape index (κ1) is 15.4. The molecule has 0 radical (unpaired) electrons. The summed E-state index contributed by atoms with van der Waals surface area (Å²) < 4.78 is 11.0. The molecule has 0 aliphatic rings. The van der Waals surface area contributed by atoms with E-state index in [1.54, 1.807) is 14.2 Å². The fourth-order valence-corrected chi connectivity index (χ4v) is 1.20. The van der Waals surface area contributed by atoms with E-state index in [-0.39, 0.29) is 11.5 Å². The molecule has 4 heteroatoms. The lowest BCUT2D eigenvalue weighted by Crippen LogP contribution is -2.34. The summed E-state index contributed by atoms with van der Waals surface area (Å²) in [5, 5.41) is 2.60. The largest absolute Gasteiger partial charge is 0.379 e. The number of nitrogens with one attached hydrogen (secondary N) is 1. The zero-order valence-corrected chi connectivity index (χ0v) is 11.3. The summed E-state index contributed by atoms with van der Waals surface area (Å²) in [6.45, 7) is 8.46. The van der Waals surface area contributed by atoms with Crippen molar-refractivity contribution in [2.45, 2.75) is 51.7 Å². The maximum Gasteiger partial charge on any atom is 0.222 e. The van der Waals surface area contributed by atoms with Crippen LogP contribution in [0.25, 0.3) is 0 Å². The maximum absolute atomic E-state index is 11.2. The third-order valence-corrected chi connectivity index (χ3v) is 2.61. The molecular weight excluding hydrogens is 206 g/mol. The zero-order chi connectivity index (χ0) is 12.8. The van der Waals surface area contributed by atoms with Crippen LogP contribution < -0.4 is 5.32 Å². The lowest BCUT2D eigenvalue weighted by atomic mass is 10.0. The summed E-state index contributed by atoms with van der Waals surface area (Å²) in [4.78, 5) is 11.2. The summed E-state index contributed by atoms with van der Waals surface area (Å²) >= 11 is 0. The van der Waals surface area contributed by atoms with Crippen LogP contribution in [-0.4, -0.2) is 37.9 Å². The first-order chi connectivity index (χ1) is 7.22. The Balaban J connectivity index is 3.95. The second-order valence-electron chi connectivity index (χ2n) is 5.17. The van der Waals surface area contributed by atoms with Gasteiger partial charge in [0.15, 0.2) is 0 Å². The monoisotopic (exact) mass is 231 g/mol. The normalized spacial score (nSPS) is 12.6. The number of methoxy groups -OCH3 is 1. The second-order valence-corrected chi connectivity index (χ2v) is 5.17. The minimum atomic E-state index is -0.427. The zero-order valence-electron chi connectivity index (χ0n) is 11.3. The SMILES string of the molecule is CNC(=O)CC(C)(C)OCCC(C)(C)OC. The van der Waals surface area contributed by atoms with Crippen molar-refractivity contribution in [1.82, 2.24) is 5.32 Å². The maximum atomic E-state index is 11.2. The first-order valence-corrected chi connectivity index (χ1v) is 5.62. The van der Waals surface area contributed by atoms with E-state index in [0.29, 0.717) is 13.0 Å². The molecule has 0 aliphatic heterocycles. The van der Waals surface area contributed by atoms with Gasteiger partial charge >= 0.3 is 0 Å². The molecule has 1 amide bonds. The summed E-state index contributed by atoms with van der Waals surface area (Å²) in [5.74, 6) is -0.00370. The Morgan fingerprint density at radius 1 is 1.19 bits per heavy atom. The molecule has 0 fully saturated rings. The van der Waals surface area contributed by atoms with Crippen molar-refractivity contribution in [3.63, 3.8) is 0 Å². The molecule has 0 unspecified atom stereocenters. The van der Waals surface area contributed by atoms with E-state index in [2.05, 4.69) is 5.32 Å². The van der Waals surface area contributed by atoms with Crippen molar-refractivity contribution in [2.24, 2.45) is 0 Å². The highest BCUT2D eigenvalue weighted by atomic mass is 16.5. The van der Waals surface area contributed by atoms with Crippen LogP contribution >= 0.6 is 0 Å². The van der Waals surface area contributed by atoms with Crippen molar-refractivity contribution in [1.29, 1.82) is 0 Å². The van der Waals surface area contributed by atoms with Gasteiger partial charge in [0.25, 0.3) is 0 Å². The first-order valence-electron chi connectivity index (χ1n) is 5.62. The Kier molecular flexibility index (Phi) is 5.97. The van der Waals surface area contributed by atoms with Crippen LogP contribution in [0, 0.1) is 0 Å². The van der Waals surface area contributed by atoms with Crippen molar-refractivity contribution >= 4 is 5.91 Å². The van der Waals surface area contributed by atoms with Crippen molar-refractivity contribution in [2.75, 3.05) is 20.8 Å². The average Bonchev–Trinajstić information content (AvgIpc) is 2.16. The molecule has 0 aromatic heterocycles. The molecule has 16 heavy (non-hydrogen) atoms. The number of rotatable bonds is 7. The highest BCUT2D eigenvalue weighted by Gasteiger charge is 2.24. The van der Waals surface area contributed by atoms with Crippen LogP contribution in [0.1, 0.15) is 40.5 Å². The average molecular weight is 231 g/mol. The predicted octanol–water partition coefficient (Wildman–Crippen LogP) is 1.73. The molecule has 0 heterocycles. The van der Waals surface area contributed by atoms with Crippen LogP contribution in [-0.2, 0) is 14.3 Å². The highest BCUT2D eigenvalue weighted by molar-refractivity contribution is 5.76. The van der Waals surface area contributed by atoms with Gasteiger partial charge in [-0.25, -0.2) is 0 Å². The van der Waals surface area contributed by atoms with Gasteiger partial charge in [0.05, 0.1) is 24.2 Å². The van der Waals surface area contributed by atoms with Crippen molar-refractivity contribution < 1.29 is 14.3 Å². The summed E-state index contributed by atoms with van der Waals surface area (Å²) in [5.41, 5.74) is -0.604. The molecule has 0 aromatic carbocycles. The topological polar surface area (TPSA) is 47.6 Å². The third kappa shape index (κ3) is 6.80. The molecule has 0 rings (SSSR count). The van der Waals surface area contributed by atoms with Gasteiger partial charge in [-0.1, -0.05) is 0 Å². The van der Waals surface area contributed by atoms with Gasteiger partial charge in [-0.3, -0.25) is 4.79 Å². The van der Waals surface area contributed by atoms with Gasteiger partial charge in [0, 0.05) is 14.2 Å². The molecular formula is C12H25NO3. The number of carbonyl (C=O) groups is 1. The summed E-state index contributed by atoms with van der Waals surface area (Å²) in [6, 6.07) is 0. The van der Waals surface area contributed by atoms with Gasteiger partial charge < -0.3 is 14.8 Å². The lowest BCUT2D eigenvalue weighted by Gasteiger charge is -2.28. The molecule has 0 saturated heterocycles. The quantitative estimate of drug-likeness (QED) is 0.726. The summed E-state index contributed by atoms with van der Waals surface area (Å²) in [7, 11) is 3.32. The molecule has 96 valence electrons. The van der Waals surface area contributed by atoms with Crippen molar-refractivity contribution in [3.8, 4) is 0 Å². The second kappa shape index (κ2) is 6.21. The van der Waals surface area contributed by atoms with Crippen LogP contribution in [0.15, 0.2) is 0 Å². The number of hydrogen-bond donors (Lipinski definition) is 1. The Hall–Kier alpha value is -0.610. The van der Waals surface area contributed by atoms with E-state index in [9.17, 15) is 4.79 Å². The number of hydrogen-bond acceptors (Lipinski definition) is 3. The molecule has 1 N–H and O–H groups in total. The molecule has 0 spiro atoms. The van der Waals surface area contributed by atoms with Gasteiger partial charge in [-0.15, -0.1) is 0 Å². The molecule has 0 aromatic rings. The van der Waals surface area contributed by atoms with Crippen LogP contribution in [0.3, 0.4) is 0 Å². The Bertz CT molecular complexity index is 224. The van der Waals surface area contributed by atoms with E-state index in [0.717, 1.165) is 6.42 Å². The number of carbonyl (C=O) groups excluding carboxylic acids is 1.